The molecule has 0 atom stereocenters. The molecule has 0 fully saturated rings. The first kappa shape index (κ1) is 21.0. The van der Waals surface area contributed by atoms with Gasteiger partial charge in [-0.1, -0.05) is 42.5 Å². The number of rotatable bonds is 4. The summed E-state index contributed by atoms with van der Waals surface area (Å²) in [6.45, 7) is 5.80. The molecule has 0 saturated carbocycles. The van der Waals surface area contributed by atoms with Gasteiger partial charge in [-0.3, -0.25) is 9.59 Å². The van der Waals surface area contributed by atoms with E-state index in [1.165, 1.54) is 0 Å². The first-order valence-corrected chi connectivity index (χ1v) is 11.7. The number of amides is 1. The number of nitrogens with zero attached hydrogens (tertiary/aromatic N) is 2. The summed E-state index contributed by atoms with van der Waals surface area (Å²) in [6.07, 6.45) is 0. The minimum atomic E-state index is -3.25. The molecule has 0 saturated heterocycles. The second kappa shape index (κ2) is 7.46. The van der Waals surface area contributed by atoms with Crippen LogP contribution in [0.3, 0.4) is 0 Å². The van der Waals surface area contributed by atoms with Gasteiger partial charge >= 0.3 is 0 Å². The van der Waals surface area contributed by atoms with Gasteiger partial charge < -0.3 is 5.32 Å². The first-order chi connectivity index (χ1) is 14.5. The SMILES string of the molecule is CC(C)(C)n1nc2c(c1NC(=O)c1ccc(C(=O)c3ccccc3)cc1)CS(=O)(=O)C2. The van der Waals surface area contributed by atoms with Crippen LogP contribution >= 0.6 is 0 Å². The molecule has 3 aromatic rings. The normalized spacial score (nSPS) is 14.8. The molecule has 0 aliphatic carbocycles. The smallest absolute Gasteiger partial charge is 0.256 e. The maximum absolute atomic E-state index is 12.9. The summed E-state index contributed by atoms with van der Waals surface area (Å²) >= 11 is 0. The van der Waals surface area contributed by atoms with Crippen molar-refractivity contribution in [1.29, 1.82) is 0 Å². The third-order valence-corrected chi connectivity index (χ3v) is 6.54. The maximum atomic E-state index is 12.9. The number of nitrogens with one attached hydrogen (secondary N) is 1. The van der Waals surface area contributed by atoms with Gasteiger partial charge in [0.2, 0.25) is 0 Å². The lowest BCUT2D eigenvalue weighted by atomic mass is 10.0. The van der Waals surface area contributed by atoms with E-state index in [4.69, 9.17) is 0 Å². The summed E-state index contributed by atoms with van der Waals surface area (Å²) in [6, 6.07) is 15.3. The van der Waals surface area contributed by atoms with Gasteiger partial charge in [-0.2, -0.15) is 5.10 Å². The van der Waals surface area contributed by atoms with Crippen molar-refractivity contribution < 1.29 is 18.0 Å². The van der Waals surface area contributed by atoms with Crippen molar-refractivity contribution in [3.05, 3.63) is 82.5 Å². The molecule has 7 nitrogen and oxygen atoms in total. The van der Waals surface area contributed by atoms with E-state index in [1.807, 2.05) is 26.8 Å². The molecule has 2 aromatic carbocycles. The average Bonchev–Trinajstić information content (AvgIpc) is 3.20. The van der Waals surface area contributed by atoms with Crippen LogP contribution in [-0.4, -0.2) is 29.9 Å². The molecule has 4 rings (SSSR count). The van der Waals surface area contributed by atoms with E-state index in [2.05, 4.69) is 10.4 Å². The number of carbonyl (C=O) groups is 2. The lowest BCUT2D eigenvalue weighted by Gasteiger charge is -2.23. The van der Waals surface area contributed by atoms with Gasteiger partial charge in [0, 0.05) is 22.3 Å². The highest BCUT2D eigenvalue weighted by Gasteiger charge is 2.35. The fourth-order valence-electron chi connectivity index (χ4n) is 3.57. The highest BCUT2D eigenvalue weighted by molar-refractivity contribution is 7.90. The van der Waals surface area contributed by atoms with E-state index in [0.29, 0.717) is 33.8 Å². The highest BCUT2D eigenvalue weighted by Crippen LogP contribution is 2.34. The van der Waals surface area contributed by atoms with Crippen LogP contribution in [0.2, 0.25) is 0 Å². The van der Waals surface area contributed by atoms with E-state index in [1.54, 1.807) is 53.2 Å². The minimum absolute atomic E-state index is 0.120. The third kappa shape index (κ3) is 4.16. The zero-order chi connectivity index (χ0) is 22.4. The average molecular weight is 438 g/mol. The number of ketones is 1. The molecular formula is C23H23N3O4S. The Bertz CT molecular complexity index is 1270. The number of fused-ring (bicyclic) bond motifs is 1. The van der Waals surface area contributed by atoms with Gasteiger partial charge in [0.15, 0.2) is 15.6 Å². The Kier molecular flexibility index (Phi) is 5.05. The summed E-state index contributed by atoms with van der Waals surface area (Å²) < 4.78 is 25.7. The Morgan fingerprint density at radius 3 is 2.10 bits per heavy atom. The molecule has 1 aliphatic rings. The summed E-state index contributed by atoms with van der Waals surface area (Å²) in [4.78, 5) is 25.5. The van der Waals surface area contributed by atoms with Crippen molar-refractivity contribution in [2.75, 3.05) is 5.32 Å². The van der Waals surface area contributed by atoms with Crippen molar-refractivity contribution in [2.45, 2.75) is 37.8 Å². The molecule has 160 valence electrons. The zero-order valence-corrected chi connectivity index (χ0v) is 18.4. The molecule has 2 heterocycles. The van der Waals surface area contributed by atoms with Gasteiger partial charge in [0.05, 0.1) is 22.7 Å². The van der Waals surface area contributed by atoms with Crippen LogP contribution in [-0.2, 0) is 26.9 Å². The van der Waals surface area contributed by atoms with Gasteiger partial charge in [-0.15, -0.1) is 0 Å². The van der Waals surface area contributed by atoms with Gasteiger partial charge in [0.25, 0.3) is 5.91 Å². The molecule has 0 unspecified atom stereocenters. The molecule has 31 heavy (non-hydrogen) atoms. The Hall–Kier alpha value is -3.26. The number of benzene rings is 2. The standard InChI is InChI=1S/C23H23N3O4S/c1-23(2,3)26-21(18-13-31(29,30)14-19(18)25-26)24-22(28)17-11-9-16(10-12-17)20(27)15-7-5-4-6-8-15/h4-12H,13-14H2,1-3H3,(H,24,28). The predicted octanol–water partition coefficient (Wildman–Crippen LogP) is 3.55. The zero-order valence-electron chi connectivity index (χ0n) is 17.5. The summed E-state index contributed by atoms with van der Waals surface area (Å²) in [7, 11) is -3.25. The van der Waals surface area contributed by atoms with E-state index in [-0.39, 0.29) is 17.3 Å². The Morgan fingerprint density at radius 1 is 0.903 bits per heavy atom. The number of hydrogen-bond donors (Lipinski definition) is 1. The van der Waals surface area contributed by atoms with Crippen LogP contribution in [0.5, 0.6) is 0 Å². The van der Waals surface area contributed by atoms with E-state index in [9.17, 15) is 18.0 Å². The molecule has 0 radical (unpaired) electrons. The molecular weight excluding hydrogens is 414 g/mol. The third-order valence-electron chi connectivity index (χ3n) is 5.10. The van der Waals surface area contributed by atoms with Gasteiger partial charge in [-0.05, 0) is 32.9 Å². The van der Waals surface area contributed by atoms with Crippen LogP contribution in [0.25, 0.3) is 0 Å². The van der Waals surface area contributed by atoms with Crippen LogP contribution in [0.15, 0.2) is 54.6 Å². The Labute approximate surface area is 181 Å². The lowest BCUT2D eigenvalue weighted by Crippen LogP contribution is -2.27. The fourth-order valence-corrected chi connectivity index (χ4v) is 5.06. The van der Waals surface area contributed by atoms with Crippen molar-refractivity contribution in [2.24, 2.45) is 0 Å². The molecule has 1 N–H and O–H groups in total. The van der Waals surface area contributed by atoms with Crippen molar-refractivity contribution in [1.82, 2.24) is 9.78 Å². The molecule has 1 amide bonds. The van der Waals surface area contributed by atoms with Gasteiger partial charge in [0.1, 0.15) is 5.82 Å². The van der Waals surface area contributed by atoms with Crippen molar-refractivity contribution >= 4 is 27.3 Å². The molecule has 8 heteroatoms. The van der Waals surface area contributed by atoms with Crippen molar-refractivity contribution in [3.63, 3.8) is 0 Å². The van der Waals surface area contributed by atoms with E-state index in [0.717, 1.165) is 0 Å². The van der Waals surface area contributed by atoms with E-state index >= 15 is 0 Å². The Morgan fingerprint density at radius 2 is 1.48 bits per heavy atom. The molecule has 1 aliphatic heterocycles. The molecule has 0 spiro atoms. The van der Waals surface area contributed by atoms with Crippen LogP contribution in [0, 0.1) is 0 Å². The van der Waals surface area contributed by atoms with Crippen molar-refractivity contribution in [3.8, 4) is 0 Å². The fraction of sp³-hybridized carbons (Fsp3) is 0.261. The summed E-state index contributed by atoms with van der Waals surface area (Å²) in [5, 5.41) is 7.30. The monoisotopic (exact) mass is 437 g/mol. The van der Waals surface area contributed by atoms with Crippen LogP contribution in [0.1, 0.15) is 58.3 Å². The predicted molar refractivity (Wildman–Crippen MR) is 118 cm³/mol. The van der Waals surface area contributed by atoms with E-state index < -0.39 is 21.3 Å². The number of anilines is 1. The number of aromatic nitrogens is 2. The Balaban J connectivity index is 1.60. The maximum Gasteiger partial charge on any atom is 0.256 e. The second-order valence-corrected chi connectivity index (χ2v) is 10.7. The largest absolute Gasteiger partial charge is 0.306 e. The van der Waals surface area contributed by atoms with Crippen LogP contribution < -0.4 is 5.32 Å². The van der Waals surface area contributed by atoms with Crippen LogP contribution in [0.4, 0.5) is 5.82 Å². The summed E-state index contributed by atoms with van der Waals surface area (Å²) in [5.41, 5.74) is 2.00. The molecule has 0 bridgehead atoms. The van der Waals surface area contributed by atoms with Gasteiger partial charge in [-0.25, -0.2) is 13.1 Å². The summed E-state index contributed by atoms with van der Waals surface area (Å²) in [5.74, 6) is -0.376. The minimum Gasteiger partial charge on any atom is -0.306 e. The number of carbonyl (C=O) groups excluding carboxylic acids is 2. The number of sulfone groups is 1. The quantitative estimate of drug-likeness (QED) is 0.630. The molecule has 1 aromatic heterocycles. The second-order valence-electron chi connectivity index (χ2n) is 8.62. The topological polar surface area (TPSA) is 98.1 Å². The highest BCUT2D eigenvalue weighted by atomic mass is 32.2. The first-order valence-electron chi connectivity index (χ1n) is 9.88. The number of hydrogen-bond acceptors (Lipinski definition) is 5. The lowest BCUT2D eigenvalue weighted by molar-refractivity contribution is 0.101.